The minimum atomic E-state index is 0. The van der Waals surface area contributed by atoms with Crippen molar-refractivity contribution in [2.75, 3.05) is 13.7 Å². The average molecular weight is 483 g/mol. The second kappa shape index (κ2) is 11.9. The van der Waals surface area contributed by atoms with Crippen molar-refractivity contribution in [1.29, 1.82) is 0 Å². The third-order valence-corrected chi connectivity index (χ3v) is 4.77. The summed E-state index contributed by atoms with van der Waals surface area (Å²) >= 11 is 0. The van der Waals surface area contributed by atoms with Gasteiger partial charge in [0.15, 0.2) is 5.96 Å². The molecule has 0 saturated heterocycles. The van der Waals surface area contributed by atoms with Crippen molar-refractivity contribution in [1.82, 2.24) is 10.6 Å². The Kier molecular flexibility index (Phi) is 9.52. The van der Waals surface area contributed by atoms with E-state index in [0.29, 0.717) is 12.6 Å². The quantitative estimate of drug-likeness (QED) is 0.346. The Hall–Kier alpha value is -1.70. The molecule has 0 bridgehead atoms. The molecule has 1 aliphatic carbocycles. The molecule has 2 aromatic rings. The number of halogens is 1. The Morgan fingerprint density at radius 1 is 1.15 bits per heavy atom. The van der Waals surface area contributed by atoms with E-state index in [-0.39, 0.29) is 24.0 Å². The van der Waals surface area contributed by atoms with E-state index in [9.17, 15) is 0 Å². The van der Waals surface area contributed by atoms with Crippen LogP contribution in [0.1, 0.15) is 43.4 Å². The zero-order valence-corrected chi connectivity index (χ0v) is 18.3. The highest BCUT2D eigenvalue weighted by Gasteiger charge is 2.14. The summed E-state index contributed by atoms with van der Waals surface area (Å²) in [6.07, 6.45) is 8.96. The van der Waals surface area contributed by atoms with E-state index in [1.165, 1.54) is 37.7 Å². The maximum Gasteiger partial charge on any atom is 0.191 e. The molecule has 1 aliphatic rings. The molecule has 27 heavy (non-hydrogen) atoms. The smallest absolute Gasteiger partial charge is 0.191 e. The summed E-state index contributed by atoms with van der Waals surface area (Å²) < 4.78 is 10.6. The number of benzene rings is 1. The molecule has 5 nitrogen and oxygen atoms in total. The van der Waals surface area contributed by atoms with Crippen LogP contribution >= 0.6 is 24.0 Å². The lowest BCUT2D eigenvalue weighted by molar-refractivity contribution is 0.409. The minimum Gasteiger partial charge on any atom is -0.497 e. The SMILES string of the molecule is COc1ccc(CN=C(NCCc2ccco2)NC2CCCCC2)cc1.I. The summed E-state index contributed by atoms with van der Waals surface area (Å²) in [7, 11) is 1.68. The normalized spacial score (nSPS) is 15.1. The molecule has 2 N–H and O–H groups in total. The molecule has 0 aliphatic heterocycles. The first-order valence-corrected chi connectivity index (χ1v) is 9.53. The van der Waals surface area contributed by atoms with Gasteiger partial charge < -0.3 is 19.8 Å². The van der Waals surface area contributed by atoms with Crippen molar-refractivity contribution in [2.45, 2.75) is 51.1 Å². The third-order valence-electron chi connectivity index (χ3n) is 4.77. The van der Waals surface area contributed by atoms with Gasteiger partial charge in [-0.3, -0.25) is 0 Å². The summed E-state index contributed by atoms with van der Waals surface area (Å²) in [4.78, 5) is 4.79. The highest BCUT2D eigenvalue weighted by molar-refractivity contribution is 14.0. The molecular weight excluding hydrogens is 453 g/mol. The molecule has 0 unspecified atom stereocenters. The molecule has 0 spiro atoms. The van der Waals surface area contributed by atoms with Gasteiger partial charge in [0, 0.05) is 19.0 Å². The van der Waals surface area contributed by atoms with Gasteiger partial charge in [0.2, 0.25) is 0 Å². The monoisotopic (exact) mass is 483 g/mol. The summed E-state index contributed by atoms with van der Waals surface area (Å²) in [6, 6.07) is 12.5. The van der Waals surface area contributed by atoms with Crippen molar-refractivity contribution in [3.63, 3.8) is 0 Å². The number of aliphatic imine (C=N–C) groups is 1. The van der Waals surface area contributed by atoms with Crippen LogP contribution in [0.2, 0.25) is 0 Å². The highest BCUT2D eigenvalue weighted by atomic mass is 127. The predicted octanol–water partition coefficient (Wildman–Crippen LogP) is 4.52. The number of nitrogens with zero attached hydrogens (tertiary/aromatic N) is 1. The van der Waals surface area contributed by atoms with Crippen molar-refractivity contribution < 1.29 is 9.15 Å². The molecular formula is C21H30IN3O2. The molecule has 1 saturated carbocycles. The van der Waals surface area contributed by atoms with Gasteiger partial charge in [0.05, 0.1) is 19.9 Å². The van der Waals surface area contributed by atoms with Crippen LogP contribution in [0.5, 0.6) is 5.75 Å². The molecule has 6 heteroatoms. The zero-order chi connectivity index (χ0) is 18.0. The van der Waals surface area contributed by atoms with Crippen molar-refractivity contribution in [3.8, 4) is 5.75 Å². The number of guanidine groups is 1. The standard InChI is InChI=1S/C21H29N3O2.HI/c1-25-19-11-9-17(10-12-19)16-23-21(24-18-6-3-2-4-7-18)22-14-13-20-8-5-15-26-20;/h5,8-12,15,18H,2-4,6-7,13-14,16H2,1H3,(H2,22,23,24);1H. The lowest BCUT2D eigenvalue weighted by atomic mass is 9.96. The van der Waals surface area contributed by atoms with E-state index >= 15 is 0 Å². The van der Waals surface area contributed by atoms with E-state index < -0.39 is 0 Å². The third kappa shape index (κ3) is 7.44. The van der Waals surface area contributed by atoms with Crippen molar-refractivity contribution >= 4 is 29.9 Å². The van der Waals surface area contributed by atoms with Crippen LogP contribution in [0.15, 0.2) is 52.1 Å². The first kappa shape index (κ1) is 21.6. The molecule has 1 heterocycles. The van der Waals surface area contributed by atoms with Gasteiger partial charge in [-0.05, 0) is 42.7 Å². The average Bonchev–Trinajstić information content (AvgIpc) is 3.21. The first-order chi connectivity index (χ1) is 12.8. The maximum absolute atomic E-state index is 5.40. The second-order valence-electron chi connectivity index (χ2n) is 6.75. The van der Waals surface area contributed by atoms with Gasteiger partial charge in [-0.15, -0.1) is 24.0 Å². The largest absolute Gasteiger partial charge is 0.497 e. The number of ether oxygens (including phenoxy) is 1. The van der Waals surface area contributed by atoms with Crippen molar-refractivity contribution in [2.24, 2.45) is 4.99 Å². The fraction of sp³-hybridized carbons (Fsp3) is 0.476. The fourth-order valence-corrected chi connectivity index (χ4v) is 3.25. The van der Waals surface area contributed by atoms with E-state index in [2.05, 4.69) is 22.8 Å². The van der Waals surface area contributed by atoms with E-state index in [0.717, 1.165) is 30.4 Å². The van der Waals surface area contributed by atoms with E-state index in [4.69, 9.17) is 14.1 Å². The fourth-order valence-electron chi connectivity index (χ4n) is 3.25. The lowest BCUT2D eigenvalue weighted by Gasteiger charge is -2.25. The minimum absolute atomic E-state index is 0. The Morgan fingerprint density at radius 3 is 2.59 bits per heavy atom. The van der Waals surface area contributed by atoms with E-state index in [1.54, 1.807) is 13.4 Å². The molecule has 0 amide bonds. The Balaban J connectivity index is 0.00000261. The predicted molar refractivity (Wildman–Crippen MR) is 120 cm³/mol. The van der Waals surface area contributed by atoms with Gasteiger partial charge >= 0.3 is 0 Å². The van der Waals surface area contributed by atoms with Crippen LogP contribution in [0.4, 0.5) is 0 Å². The van der Waals surface area contributed by atoms with Crippen molar-refractivity contribution in [3.05, 3.63) is 54.0 Å². The van der Waals surface area contributed by atoms with Crippen LogP contribution in [-0.4, -0.2) is 25.7 Å². The van der Waals surface area contributed by atoms with E-state index in [1.807, 2.05) is 24.3 Å². The summed E-state index contributed by atoms with van der Waals surface area (Å²) in [5, 5.41) is 7.06. The van der Waals surface area contributed by atoms with Gasteiger partial charge in [0.1, 0.15) is 11.5 Å². The number of methoxy groups -OCH3 is 1. The topological polar surface area (TPSA) is 58.8 Å². The van der Waals surface area contributed by atoms with Gasteiger partial charge in [-0.2, -0.15) is 0 Å². The highest BCUT2D eigenvalue weighted by Crippen LogP contribution is 2.17. The Morgan fingerprint density at radius 2 is 1.93 bits per heavy atom. The maximum atomic E-state index is 5.40. The van der Waals surface area contributed by atoms with Crippen LogP contribution < -0.4 is 15.4 Å². The van der Waals surface area contributed by atoms with Gasteiger partial charge in [0.25, 0.3) is 0 Å². The molecule has 148 valence electrons. The molecule has 1 fully saturated rings. The molecule has 1 aromatic carbocycles. The summed E-state index contributed by atoms with van der Waals surface area (Å²) in [5.41, 5.74) is 1.17. The molecule has 0 radical (unpaired) electrons. The molecule has 3 rings (SSSR count). The number of hydrogen-bond acceptors (Lipinski definition) is 3. The first-order valence-electron chi connectivity index (χ1n) is 9.53. The second-order valence-corrected chi connectivity index (χ2v) is 6.75. The summed E-state index contributed by atoms with van der Waals surface area (Å²) in [6.45, 7) is 1.45. The Bertz CT molecular complexity index is 665. The van der Waals surface area contributed by atoms with Crippen LogP contribution in [0.25, 0.3) is 0 Å². The summed E-state index contributed by atoms with van der Waals surface area (Å²) in [5.74, 6) is 2.75. The number of nitrogens with one attached hydrogen (secondary N) is 2. The van der Waals surface area contributed by atoms with Gasteiger partial charge in [-0.25, -0.2) is 4.99 Å². The Labute approximate surface area is 179 Å². The zero-order valence-electron chi connectivity index (χ0n) is 15.9. The molecule has 1 aromatic heterocycles. The number of furan rings is 1. The van der Waals surface area contributed by atoms with Crippen LogP contribution in [-0.2, 0) is 13.0 Å². The van der Waals surface area contributed by atoms with Crippen LogP contribution in [0, 0.1) is 0 Å². The molecule has 0 atom stereocenters. The number of hydrogen-bond donors (Lipinski definition) is 2. The number of rotatable bonds is 7. The lowest BCUT2D eigenvalue weighted by Crippen LogP contribution is -2.44. The van der Waals surface area contributed by atoms with Gasteiger partial charge in [-0.1, -0.05) is 31.4 Å². The van der Waals surface area contributed by atoms with Crippen LogP contribution in [0.3, 0.4) is 0 Å².